The van der Waals surface area contributed by atoms with Crippen molar-refractivity contribution >= 4 is 49.3 Å². The first-order valence-corrected chi connectivity index (χ1v) is 12.4. The smallest absolute Gasteiger partial charge is 0.128 e. The molecule has 3 heterocycles. The molecule has 0 aliphatic carbocycles. The Labute approximate surface area is 212 Å². The fourth-order valence-corrected chi connectivity index (χ4v) is 5.66. The average molecular weight is 487 g/mol. The Morgan fingerprint density at radius 3 is 2.69 bits per heavy atom. The number of aromatic nitrogens is 3. The highest BCUT2D eigenvalue weighted by molar-refractivity contribution is 7.19. The molecule has 6 heteroatoms. The molecule has 0 fully saturated rings. The Kier molecular flexibility index (Phi) is 5.48. The molecule has 3 aromatic carbocycles. The number of thiophene rings is 1. The van der Waals surface area contributed by atoms with Crippen LogP contribution in [0.1, 0.15) is 16.0 Å². The number of allylic oxidation sites excluding steroid dienone is 1. The summed E-state index contributed by atoms with van der Waals surface area (Å²) in [5.74, 6) is 0.783. The second kappa shape index (κ2) is 8.95. The van der Waals surface area contributed by atoms with Gasteiger partial charge in [-0.2, -0.15) is 10.4 Å². The van der Waals surface area contributed by atoms with Crippen LogP contribution in [0.25, 0.3) is 49.2 Å². The van der Waals surface area contributed by atoms with Crippen LogP contribution in [0.4, 0.5) is 0 Å². The van der Waals surface area contributed by atoms with Gasteiger partial charge in [0.05, 0.1) is 36.0 Å². The highest BCUT2D eigenvalue weighted by Crippen LogP contribution is 2.36. The van der Waals surface area contributed by atoms with Gasteiger partial charge in [-0.05, 0) is 35.7 Å². The summed E-state index contributed by atoms with van der Waals surface area (Å²) in [6, 6.07) is 24.6. The van der Waals surface area contributed by atoms with E-state index < -0.39 is 0 Å². The maximum absolute atomic E-state index is 9.18. The quantitative estimate of drug-likeness (QED) is 0.260. The number of nitriles is 1. The summed E-state index contributed by atoms with van der Waals surface area (Å²) in [7, 11) is 3.62. The van der Waals surface area contributed by atoms with Gasteiger partial charge in [-0.25, -0.2) is 0 Å². The molecule has 0 aliphatic rings. The van der Waals surface area contributed by atoms with Gasteiger partial charge in [0, 0.05) is 51.0 Å². The normalized spacial score (nSPS) is 11.6. The molecule has 6 rings (SSSR count). The van der Waals surface area contributed by atoms with Gasteiger partial charge in [-0.1, -0.05) is 42.5 Å². The summed E-state index contributed by atoms with van der Waals surface area (Å²) in [5, 5.41) is 17.3. The first-order chi connectivity index (χ1) is 17.6. The number of ether oxygens (including phenoxy) is 1. The molecule has 36 heavy (non-hydrogen) atoms. The van der Waals surface area contributed by atoms with Crippen molar-refractivity contribution in [3.63, 3.8) is 0 Å². The molecule has 0 amide bonds. The third-order valence-electron chi connectivity index (χ3n) is 6.42. The van der Waals surface area contributed by atoms with Crippen LogP contribution < -0.4 is 4.74 Å². The van der Waals surface area contributed by atoms with Crippen molar-refractivity contribution in [2.45, 2.75) is 6.42 Å². The van der Waals surface area contributed by atoms with Gasteiger partial charge in [0.2, 0.25) is 0 Å². The summed E-state index contributed by atoms with van der Waals surface area (Å²) >= 11 is 1.83. The molecular weight excluding hydrogens is 464 g/mol. The van der Waals surface area contributed by atoms with Gasteiger partial charge in [-0.3, -0.25) is 9.67 Å². The minimum atomic E-state index is 0.626. The van der Waals surface area contributed by atoms with Crippen LogP contribution in [0.3, 0.4) is 0 Å². The third kappa shape index (κ3) is 3.80. The molecular formula is C30H22N4OS. The fourth-order valence-electron chi connectivity index (χ4n) is 4.63. The predicted octanol–water partition coefficient (Wildman–Crippen LogP) is 7.14. The van der Waals surface area contributed by atoms with Crippen molar-refractivity contribution in [3.05, 3.63) is 95.0 Å². The van der Waals surface area contributed by atoms with Gasteiger partial charge in [0.15, 0.2) is 0 Å². The Bertz CT molecular complexity index is 1790. The van der Waals surface area contributed by atoms with E-state index in [1.807, 2.05) is 59.6 Å². The Balaban J connectivity index is 1.45. The fraction of sp³-hybridized carbons (Fsp3) is 0.100. The monoisotopic (exact) mass is 486 g/mol. The van der Waals surface area contributed by atoms with Crippen molar-refractivity contribution in [1.29, 1.82) is 5.26 Å². The Morgan fingerprint density at radius 1 is 1.08 bits per heavy atom. The minimum Gasteiger partial charge on any atom is -0.496 e. The summed E-state index contributed by atoms with van der Waals surface area (Å²) < 4.78 is 8.89. The van der Waals surface area contributed by atoms with Crippen LogP contribution in [-0.4, -0.2) is 21.9 Å². The standard InChI is InChI=1S/C30H22N4OS/c1-34-26-18-32-25-16-27(35-2)21(7-5-8-23-14-22-6-3-4-9-28(22)36-23)15-24(25)29(26)30(33-34)20-12-10-19(17-31)11-13-20/h3-7,9-16,18H,8H2,1-2H3/b7-5-. The lowest BCUT2D eigenvalue weighted by Crippen LogP contribution is -1.92. The van der Waals surface area contributed by atoms with E-state index >= 15 is 0 Å². The summed E-state index contributed by atoms with van der Waals surface area (Å²) in [6.07, 6.45) is 7.02. The average Bonchev–Trinajstić information content (AvgIpc) is 3.49. The molecule has 0 unspecified atom stereocenters. The SMILES string of the molecule is COc1cc2ncc3c(c(-c4ccc(C#N)cc4)nn3C)c2cc1/C=C\Cc1cc2ccccc2s1. The molecule has 0 saturated heterocycles. The van der Waals surface area contributed by atoms with Gasteiger partial charge >= 0.3 is 0 Å². The Morgan fingerprint density at radius 2 is 1.92 bits per heavy atom. The van der Waals surface area contributed by atoms with E-state index in [4.69, 9.17) is 14.8 Å². The maximum atomic E-state index is 9.18. The number of fused-ring (bicyclic) bond motifs is 4. The number of benzene rings is 3. The lowest BCUT2D eigenvalue weighted by Gasteiger charge is -2.09. The molecule has 174 valence electrons. The van der Waals surface area contributed by atoms with Crippen molar-refractivity contribution in [1.82, 2.24) is 14.8 Å². The predicted molar refractivity (Wildman–Crippen MR) is 147 cm³/mol. The molecule has 0 spiro atoms. The lowest BCUT2D eigenvalue weighted by molar-refractivity contribution is 0.414. The van der Waals surface area contributed by atoms with Crippen molar-refractivity contribution in [2.75, 3.05) is 7.11 Å². The van der Waals surface area contributed by atoms with Gasteiger partial charge in [0.1, 0.15) is 11.4 Å². The summed E-state index contributed by atoms with van der Waals surface area (Å²) in [6.45, 7) is 0. The molecule has 0 N–H and O–H groups in total. The number of aryl methyl sites for hydroxylation is 1. The van der Waals surface area contributed by atoms with Gasteiger partial charge < -0.3 is 4.74 Å². The van der Waals surface area contributed by atoms with Gasteiger partial charge in [0.25, 0.3) is 0 Å². The number of methoxy groups -OCH3 is 1. The van der Waals surface area contributed by atoms with E-state index in [1.54, 1.807) is 7.11 Å². The van der Waals surface area contributed by atoms with Gasteiger partial charge in [-0.15, -0.1) is 11.3 Å². The molecule has 3 aromatic heterocycles. The van der Waals surface area contributed by atoms with Crippen LogP contribution >= 0.6 is 11.3 Å². The summed E-state index contributed by atoms with van der Waals surface area (Å²) in [4.78, 5) is 6.03. The summed E-state index contributed by atoms with van der Waals surface area (Å²) in [5.41, 5.74) is 5.26. The molecule has 0 aliphatic heterocycles. The number of hydrogen-bond acceptors (Lipinski definition) is 5. The molecule has 0 radical (unpaired) electrons. The van der Waals surface area contributed by atoms with E-state index in [1.165, 1.54) is 15.0 Å². The van der Waals surface area contributed by atoms with Crippen LogP contribution in [0.2, 0.25) is 0 Å². The van der Waals surface area contributed by atoms with Crippen molar-refractivity contribution < 1.29 is 4.74 Å². The Hall–Kier alpha value is -4.47. The highest BCUT2D eigenvalue weighted by Gasteiger charge is 2.16. The largest absolute Gasteiger partial charge is 0.496 e. The second-order valence-electron chi connectivity index (χ2n) is 8.65. The zero-order chi connectivity index (χ0) is 24.6. The first kappa shape index (κ1) is 22.0. The van der Waals surface area contributed by atoms with Crippen molar-refractivity contribution in [2.24, 2.45) is 7.05 Å². The topological polar surface area (TPSA) is 63.7 Å². The number of hydrogen-bond donors (Lipinski definition) is 0. The van der Waals surface area contributed by atoms with E-state index in [2.05, 4.69) is 54.6 Å². The number of nitrogens with zero attached hydrogens (tertiary/aromatic N) is 4. The molecule has 0 saturated carbocycles. The zero-order valence-electron chi connectivity index (χ0n) is 19.9. The lowest BCUT2D eigenvalue weighted by atomic mass is 10.0. The van der Waals surface area contributed by atoms with E-state index in [0.717, 1.165) is 50.8 Å². The van der Waals surface area contributed by atoms with Crippen LogP contribution in [0, 0.1) is 11.3 Å². The first-order valence-electron chi connectivity index (χ1n) is 11.6. The van der Waals surface area contributed by atoms with Crippen LogP contribution in [0.15, 0.2) is 79.0 Å². The highest BCUT2D eigenvalue weighted by atomic mass is 32.1. The maximum Gasteiger partial charge on any atom is 0.128 e. The van der Waals surface area contributed by atoms with Crippen molar-refractivity contribution in [3.8, 4) is 23.1 Å². The van der Waals surface area contributed by atoms with E-state index in [0.29, 0.717) is 5.56 Å². The second-order valence-corrected chi connectivity index (χ2v) is 9.82. The zero-order valence-corrected chi connectivity index (χ0v) is 20.7. The number of rotatable bonds is 5. The van der Waals surface area contributed by atoms with Crippen LogP contribution in [-0.2, 0) is 13.5 Å². The molecule has 0 bridgehead atoms. The molecule has 0 atom stereocenters. The minimum absolute atomic E-state index is 0.626. The molecule has 5 nitrogen and oxygen atoms in total. The molecule has 6 aromatic rings. The van der Waals surface area contributed by atoms with E-state index in [-0.39, 0.29) is 0 Å². The third-order valence-corrected chi connectivity index (χ3v) is 7.55. The van der Waals surface area contributed by atoms with Crippen LogP contribution in [0.5, 0.6) is 5.75 Å². The number of pyridine rings is 1. The van der Waals surface area contributed by atoms with E-state index in [9.17, 15) is 5.26 Å².